The van der Waals surface area contributed by atoms with Crippen molar-refractivity contribution in [3.8, 4) is 0 Å². The zero-order valence-corrected chi connectivity index (χ0v) is 10.8. The zero-order chi connectivity index (χ0) is 13.2. The lowest BCUT2D eigenvalue weighted by Crippen LogP contribution is -2.43. The van der Waals surface area contributed by atoms with Crippen LogP contribution in [-0.2, 0) is 4.74 Å². The van der Waals surface area contributed by atoms with E-state index >= 15 is 0 Å². The normalized spacial score (nSPS) is 26.1. The Labute approximate surface area is 112 Å². The number of benzene rings is 1. The zero-order valence-electron chi connectivity index (χ0n) is 10.8. The molecule has 0 bridgehead atoms. The number of rotatable bonds is 3. The number of nitrogens with two attached hydrogens (primary N) is 1. The first-order valence-corrected chi connectivity index (χ1v) is 6.77. The Morgan fingerprint density at radius 2 is 2.16 bits per heavy atom. The summed E-state index contributed by atoms with van der Waals surface area (Å²) in [6.07, 6.45) is 3.54. The fourth-order valence-corrected chi connectivity index (χ4v) is 2.61. The van der Waals surface area contributed by atoms with Gasteiger partial charge in [-0.05, 0) is 43.4 Å². The highest BCUT2D eigenvalue weighted by Crippen LogP contribution is 2.38. The molecule has 1 aromatic carbocycles. The molecule has 1 aromatic rings. The number of anilines is 2. The Morgan fingerprint density at radius 1 is 1.32 bits per heavy atom. The smallest absolute Gasteiger partial charge is 0.319 e. The lowest BCUT2D eigenvalue weighted by Gasteiger charge is -2.19. The van der Waals surface area contributed by atoms with E-state index in [-0.39, 0.29) is 18.2 Å². The van der Waals surface area contributed by atoms with Crippen LogP contribution in [0.2, 0.25) is 0 Å². The minimum atomic E-state index is -0.188. The minimum Gasteiger partial charge on any atom is -0.399 e. The van der Waals surface area contributed by atoms with E-state index in [4.69, 9.17) is 10.5 Å². The highest BCUT2D eigenvalue weighted by Gasteiger charge is 2.41. The Bertz CT molecular complexity index is 474. The molecule has 0 radical (unpaired) electrons. The van der Waals surface area contributed by atoms with Gasteiger partial charge in [0.1, 0.15) is 0 Å². The minimum absolute atomic E-state index is 0.133. The van der Waals surface area contributed by atoms with Crippen molar-refractivity contribution >= 4 is 17.4 Å². The van der Waals surface area contributed by atoms with Crippen LogP contribution in [0.1, 0.15) is 19.3 Å². The number of urea groups is 1. The van der Waals surface area contributed by atoms with Crippen LogP contribution in [0, 0.1) is 5.92 Å². The molecule has 5 heteroatoms. The highest BCUT2D eigenvalue weighted by molar-refractivity contribution is 5.90. The molecule has 2 unspecified atom stereocenters. The van der Waals surface area contributed by atoms with E-state index in [0.29, 0.717) is 17.3 Å². The Balaban J connectivity index is 1.56. The second kappa shape index (κ2) is 5.09. The van der Waals surface area contributed by atoms with Gasteiger partial charge in [0, 0.05) is 18.0 Å². The molecule has 1 saturated heterocycles. The van der Waals surface area contributed by atoms with Crippen LogP contribution in [0.25, 0.3) is 0 Å². The molecule has 3 rings (SSSR count). The molecule has 2 fully saturated rings. The summed E-state index contributed by atoms with van der Waals surface area (Å²) in [5, 5.41) is 5.81. The molecule has 1 aliphatic heterocycles. The quantitative estimate of drug-likeness (QED) is 0.728. The number of hydrogen-bond donors (Lipinski definition) is 3. The summed E-state index contributed by atoms with van der Waals surface area (Å²) in [5.74, 6) is 0.639. The molecule has 1 heterocycles. The Morgan fingerprint density at radius 3 is 2.89 bits per heavy atom. The summed E-state index contributed by atoms with van der Waals surface area (Å²) in [5.41, 5.74) is 7.02. The lowest BCUT2D eigenvalue weighted by molar-refractivity contribution is 0.0829. The maximum absolute atomic E-state index is 11.9. The van der Waals surface area contributed by atoms with Gasteiger partial charge in [-0.2, -0.15) is 0 Å². The van der Waals surface area contributed by atoms with E-state index in [9.17, 15) is 4.79 Å². The van der Waals surface area contributed by atoms with Gasteiger partial charge in [0.2, 0.25) is 0 Å². The number of amides is 2. The monoisotopic (exact) mass is 261 g/mol. The second-order valence-corrected chi connectivity index (χ2v) is 5.29. The predicted octanol–water partition coefficient (Wildman–Crippen LogP) is 1.96. The van der Waals surface area contributed by atoms with Gasteiger partial charge in [-0.15, -0.1) is 0 Å². The van der Waals surface area contributed by atoms with E-state index in [1.165, 1.54) is 12.8 Å². The molecule has 19 heavy (non-hydrogen) atoms. The third-order valence-electron chi connectivity index (χ3n) is 3.68. The summed E-state index contributed by atoms with van der Waals surface area (Å²) in [4.78, 5) is 11.9. The van der Waals surface area contributed by atoms with Gasteiger partial charge in [-0.1, -0.05) is 6.07 Å². The highest BCUT2D eigenvalue weighted by atomic mass is 16.5. The molecular weight excluding hydrogens is 242 g/mol. The second-order valence-electron chi connectivity index (χ2n) is 5.29. The van der Waals surface area contributed by atoms with Crippen molar-refractivity contribution < 1.29 is 9.53 Å². The molecule has 2 amide bonds. The van der Waals surface area contributed by atoms with Crippen LogP contribution in [0.5, 0.6) is 0 Å². The summed E-state index contributed by atoms with van der Waals surface area (Å²) in [6, 6.07) is 7.11. The lowest BCUT2D eigenvalue weighted by atomic mass is 10.1. The first-order chi connectivity index (χ1) is 9.22. The fourth-order valence-electron chi connectivity index (χ4n) is 2.61. The van der Waals surface area contributed by atoms with Crippen LogP contribution in [0.3, 0.4) is 0 Å². The van der Waals surface area contributed by atoms with Crippen molar-refractivity contribution in [1.29, 1.82) is 0 Å². The first-order valence-electron chi connectivity index (χ1n) is 6.77. The third kappa shape index (κ3) is 2.98. The number of hydrogen-bond acceptors (Lipinski definition) is 3. The Kier molecular flexibility index (Phi) is 3.29. The van der Waals surface area contributed by atoms with E-state index in [1.54, 1.807) is 12.1 Å². The van der Waals surface area contributed by atoms with Crippen molar-refractivity contribution in [3.05, 3.63) is 24.3 Å². The van der Waals surface area contributed by atoms with Crippen LogP contribution >= 0.6 is 0 Å². The van der Waals surface area contributed by atoms with Gasteiger partial charge >= 0.3 is 6.03 Å². The maximum atomic E-state index is 11.9. The molecule has 102 valence electrons. The van der Waals surface area contributed by atoms with E-state index < -0.39 is 0 Å². The summed E-state index contributed by atoms with van der Waals surface area (Å²) in [7, 11) is 0. The third-order valence-corrected chi connectivity index (χ3v) is 3.68. The van der Waals surface area contributed by atoms with Crippen LogP contribution in [0.4, 0.5) is 16.2 Å². The van der Waals surface area contributed by atoms with Crippen molar-refractivity contribution in [1.82, 2.24) is 5.32 Å². The van der Waals surface area contributed by atoms with Crippen molar-refractivity contribution in [2.24, 2.45) is 5.92 Å². The van der Waals surface area contributed by atoms with Crippen LogP contribution < -0.4 is 16.4 Å². The first kappa shape index (κ1) is 12.3. The molecule has 0 spiro atoms. The molecule has 2 aliphatic rings. The van der Waals surface area contributed by atoms with Crippen LogP contribution in [0.15, 0.2) is 24.3 Å². The fraction of sp³-hybridized carbons (Fsp3) is 0.500. The molecule has 4 N–H and O–H groups in total. The average Bonchev–Trinajstić information content (AvgIpc) is 3.10. The maximum Gasteiger partial charge on any atom is 0.319 e. The number of carbonyl (C=O) groups excluding carboxylic acids is 1. The van der Waals surface area contributed by atoms with E-state index in [1.807, 2.05) is 12.1 Å². The number of nitrogen functional groups attached to an aromatic ring is 1. The van der Waals surface area contributed by atoms with Crippen molar-refractivity contribution in [3.63, 3.8) is 0 Å². The number of ether oxygens (including phenoxy) is 1. The molecule has 1 aliphatic carbocycles. The van der Waals surface area contributed by atoms with Gasteiger partial charge in [0.05, 0.1) is 12.1 Å². The average molecular weight is 261 g/mol. The van der Waals surface area contributed by atoms with Gasteiger partial charge in [0.15, 0.2) is 0 Å². The molecule has 1 saturated carbocycles. The topological polar surface area (TPSA) is 76.4 Å². The number of nitrogens with one attached hydrogen (secondary N) is 2. The molecular formula is C14H19N3O2. The van der Waals surface area contributed by atoms with E-state index in [2.05, 4.69) is 10.6 Å². The van der Waals surface area contributed by atoms with Gasteiger partial charge in [0.25, 0.3) is 0 Å². The van der Waals surface area contributed by atoms with Gasteiger partial charge < -0.3 is 21.1 Å². The SMILES string of the molecule is Nc1cccc(NC(=O)NC2CCOC2C2CC2)c1. The van der Waals surface area contributed by atoms with Gasteiger partial charge in [-0.3, -0.25) is 0 Å². The van der Waals surface area contributed by atoms with Crippen LogP contribution in [-0.4, -0.2) is 24.8 Å². The van der Waals surface area contributed by atoms with Crippen molar-refractivity contribution in [2.45, 2.75) is 31.4 Å². The molecule has 2 atom stereocenters. The Hall–Kier alpha value is -1.75. The number of carbonyl (C=O) groups is 1. The van der Waals surface area contributed by atoms with Crippen molar-refractivity contribution in [2.75, 3.05) is 17.7 Å². The summed E-state index contributed by atoms with van der Waals surface area (Å²) < 4.78 is 5.70. The largest absolute Gasteiger partial charge is 0.399 e. The summed E-state index contributed by atoms with van der Waals surface area (Å²) >= 11 is 0. The standard InChI is InChI=1S/C14H19N3O2/c15-10-2-1-3-11(8-10)16-14(18)17-12-6-7-19-13(12)9-4-5-9/h1-3,8-9,12-13H,4-7,15H2,(H2,16,17,18). The molecule has 5 nitrogen and oxygen atoms in total. The van der Waals surface area contributed by atoms with E-state index in [0.717, 1.165) is 13.0 Å². The van der Waals surface area contributed by atoms with Gasteiger partial charge in [-0.25, -0.2) is 4.79 Å². The molecule has 0 aromatic heterocycles. The predicted molar refractivity (Wildman–Crippen MR) is 73.9 cm³/mol. The summed E-state index contributed by atoms with van der Waals surface area (Å²) in [6.45, 7) is 0.740.